The summed E-state index contributed by atoms with van der Waals surface area (Å²) in [6.07, 6.45) is 7.14. The number of hydrogen-bond acceptors (Lipinski definition) is 3. The lowest BCUT2D eigenvalue weighted by Crippen LogP contribution is -1.96. The lowest BCUT2D eigenvalue weighted by atomic mass is 10.2. The monoisotopic (exact) mass is 200 g/mol. The number of pyridine rings is 1. The Hall–Kier alpha value is -2.10. The summed E-state index contributed by atoms with van der Waals surface area (Å²) in [5.74, 6) is 0.522. The first-order valence-electron chi connectivity index (χ1n) is 4.64. The van der Waals surface area contributed by atoms with Gasteiger partial charge in [0.05, 0.1) is 18.2 Å². The van der Waals surface area contributed by atoms with E-state index in [0.29, 0.717) is 5.82 Å². The Bertz CT molecular complexity index is 456. The molecule has 0 aliphatic heterocycles. The van der Waals surface area contributed by atoms with Crippen LogP contribution in [0.3, 0.4) is 0 Å². The van der Waals surface area contributed by atoms with E-state index < -0.39 is 0 Å². The lowest BCUT2D eigenvalue weighted by Gasteiger charge is -2.04. The van der Waals surface area contributed by atoms with Gasteiger partial charge in [-0.1, -0.05) is 6.08 Å². The molecule has 0 radical (unpaired) electrons. The van der Waals surface area contributed by atoms with Gasteiger partial charge in [0, 0.05) is 18.3 Å². The summed E-state index contributed by atoms with van der Waals surface area (Å²) in [5, 5.41) is 0. The van der Waals surface area contributed by atoms with Crippen molar-refractivity contribution in [3.8, 4) is 11.3 Å². The molecule has 76 valence electrons. The van der Waals surface area contributed by atoms with Crippen molar-refractivity contribution in [2.24, 2.45) is 0 Å². The zero-order valence-electron chi connectivity index (χ0n) is 8.30. The lowest BCUT2D eigenvalue weighted by molar-refractivity contribution is 0.829. The third-order valence-corrected chi connectivity index (χ3v) is 2.12. The number of rotatable bonds is 3. The zero-order valence-corrected chi connectivity index (χ0v) is 8.30. The highest BCUT2D eigenvalue weighted by Gasteiger charge is 2.03. The largest absolute Gasteiger partial charge is 0.384 e. The molecule has 4 heteroatoms. The molecule has 0 unspecified atom stereocenters. The summed E-state index contributed by atoms with van der Waals surface area (Å²) in [7, 11) is 0. The summed E-state index contributed by atoms with van der Waals surface area (Å²) in [5.41, 5.74) is 7.55. The first-order valence-corrected chi connectivity index (χ1v) is 4.64. The van der Waals surface area contributed by atoms with Crippen LogP contribution in [0.1, 0.15) is 0 Å². The highest BCUT2D eigenvalue weighted by Crippen LogP contribution is 2.18. The van der Waals surface area contributed by atoms with Gasteiger partial charge in [-0.3, -0.25) is 0 Å². The molecule has 2 aromatic heterocycles. The van der Waals surface area contributed by atoms with Crippen molar-refractivity contribution in [1.29, 1.82) is 0 Å². The van der Waals surface area contributed by atoms with Crippen molar-refractivity contribution in [1.82, 2.24) is 14.5 Å². The van der Waals surface area contributed by atoms with Gasteiger partial charge >= 0.3 is 0 Å². The molecular weight excluding hydrogens is 188 g/mol. The predicted octanol–water partition coefficient (Wildman–Crippen LogP) is 1.71. The smallest absolute Gasteiger partial charge is 0.123 e. The molecule has 0 saturated carbocycles. The van der Waals surface area contributed by atoms with Crippen LogP contribution in [0.4, 0.5) is 5.82 Å². The first-order chi connectivity index (χ1) is 7.31. The molecule has 0 saturated heterocycles. The Morgan fingerprint density at radius 2 is 2.27 bits per heavy atom. The van der Waals surface area contributed by atoms with E-state index in [1.165, 1.54) is 0 Å². The van der Waals surface area contributed by atoms with Crippen LogP contribution in [0, 0.1) is 0 Å². The second-order valence-corrected chi connectivity index (χ2v) is 3.19. The van der Waals surface area contributed by atoms with Crippen molar-refractivity contribution in [2.75, 3.05) is 5.73 Å². The third kappa shape index (κ3) is 1.88. The van der Waals surface area contributed by atoms with E-state index >= 15 is 0 Å². The van der Waals surface area contributed by atoms with Crippen molar-refractivity contribution in [3.63, 3.8) is 0 Å². The molecule has 15 heavy (non-hydrogen) atoms. The number of nitrogens with two attached hydrogens (primary N) is 1. The maximum Gasteiger partial charge on any atom is 0.123 e. The van der Waals surface area contributed by atoms with Crippen LogP contribution in [-0.2, 0) is 6.54 Å². The van der Waals surface area contributed by atoms with Gasteiger partial charge in [0.25, 0.3) is 0 Å². The number of imidazole rings is 1. The van der Waals surface area contributed by atoms with Gasteiger partial charge < -0.3 is 10.3 Å². The minimum absolute atomic E-state index is 0.522. The molecule has 0 aromatic carbocycles. The number of nitrogen functional groups attached to an aromatic ring is 1. The van der Waals surface area contributed by atoms with Crippen LogP contribution >= 0.6 is 0 Å². The quantitative estimate of drug-likeness (QED) is 0.767. The highest BCUT2D eigenvalue weighted by molar-refractivity contribution is 5.59. The van der Waals surface area contributed by atoms with Crippen LogP contribution in [0.15, 0.2) is 43.5 Å². The van der Waals surface area contributed by atoms with E-state index in [1.54, 1.807) is 24.8 Å². The van der Waals surface area contributed by atoms with Gasteiger partial charge in [-0.15, -0.1) is 6.58 Å². The third-order valence-electron chi connectivity index (χ3n) is 2.12. The molecule has 2 N–H and O–H groups in total. The summed E-state index contributed by atoms with van der Waals surface area (Å²) in [4.78, 5) is 8.14. The Labute approximate surface area is 88.1 Å². The van der Waals surface area contributed by atoms with Crippen LogP contribution in [0.2, 0.25) is 0 Å². The van der Waals surface area contributed by atoms with E-state index in [1.807, 2.05) is 16.7 Å². The van der Waals surface area contributed by atoms with Gasteiger partial charge in [-0.25, -0.2) is 9.97 Å². The number of hydrogen-bond donors (Lipinski definition) is 1. The SMILES string of the molecule is C=CCn1cncc1-c1ccc(N)nc1. The minimum Gasteiger partial charge on any atom is -0.384 e. The van der Waals surface area contributed by atoms with Crippen molar-refractivity contribution in [2.45, 2.75) is 6.54 Å². The molecular formula is C11H12N4. The van der Waals surface area contributed by atoms with Crippen LogP contribution in [0.25, 0.3) is 11.3 Å². The molecule has 0 fully saturated rings. The molecule has 0 amide bonds. The number of anilines is 1. The average molecular weight is 200 g/mol. The second kappa shape index (κ2) is 3.96. The summed E-state index contributed by atoms with van der Waals surface area (Å²) < 4.78 is 2.00. The molecule has 0 spiro atoms. The molecule has 0 bridgehead atoms. The Morgan fingerprint density at radius 3 is 2.93 bits per heavy atom. The van der Waals surface area contributed by atoms with E-state index in [0.717, 1.165) is 17.8 Å². The maximum atomic E-state index is 5.53. The summed E-state index contributed by atoms with van der Waals surface area (Å²) in [6.45, 7) is 4.44. The fourth-order valence-electron chi connectivity index (χ4n) is 1.40. The van der Waals surface area contributed by atoms with Crippen molar-refractivity contribution >= 4 is 5.82 Å². The molecule has 2 heterocycles. The first kappa shape index (κ1) is 9.45. The maximum absolute atomic E-state index is 5.53. The standard InChI is InChI=1S/C11H12N4/c1-2-5-15-8-13-7-10(15)9-3-4-11(12)14-6-9/h2-4,6-8H,1,5H2,(H2,12,14). The second-order valence-electron chi connectivity index (χ2n) is 3.19. The van der Waals surface area contributed by atoms with Gasteiger partial charge in [0.2, 0.25) is 0 Å². The molecule has 2 rings (SSSR count). The van der Waals surface area contributed by atoms with E-state index in [4.69, 9.17) is 5.73 Å². The Balaban J connectivity index is 2.40. The number of nitrogens with zero attached hydrogens (tertiary/aromatic N) is 3. The Kier molecular flexibility index (Phi) is 2.49. The van der Waals surface area contributed by atoms with Crippen LogP contribution < -0.4 is 5.73 Å². The van der Waals surface area contributed by atoms with Crippen LogP contribution in [0.5, 0.6) is 0 Å². The van der Waals surface area contributed by atoms with Crippen LogP contribution in [-0.4, -0.2) is 14.5 Å². The summed E-state index contributed by atoms with van der Waals surface area (Å²) >= 11 is 0. The van der Waals surface area contributed by atoms with Crippen molar-refractivity contribution in [3.05, 3.63) is 43.5 Å². The van der Waals surface area contributed by atoms with Gasteiger partial charge in [0.15, 0.2) is 0 Å². The van der Waals surface area contributed by atoms with E-state index in [2.05, 4.69) is 16.5 Å². The molecule has 0 aliphatic rings. The zero-order chi connectivity index (χ0) is 10.7. The molecule has 2 aromatic rings. The fraction of sp³-hybridized carbons (Fsp3) is 0.0909. The van der Waals surface area contributed by atoms with Gasteiger partial charge in [-0.2, -0.15) is 0 Å². The Morgan fingerprint density at radius 1 is 1.40 bits per heavy atom. The van der Waals surface area contributed by atoms with Gasteiger partial charge in [0.1, 0.15) is 5.82 Å². The van der Waals surface area contributed by atoms with Crippen molar-refractivity contribution < 1.29 is 0 Å². The summed E-state index contributed by atoms with van der Waals surface area (Å²) in [6, 6.07) is 3.71. The highest BCUT2D eigenvalue weighted by atomic mass is 15.0. The predicted molar refractivity (Wildman–Crippen MR) is 60.1 cm³/mol. The van der Waals surface area contributed by atoms with E-state index in [9.17, 15) is 0 Å². The number of allylic oxidation sites excluding steroid dienone is 1. The molecule has 0 atom stereocenters. The fourth-order valence-corrected chi connectivity index (χ4v) is 1.40. The molecule has 4 nitrogen and oxygen atoms in total. The number of aromatic nitrogens is 3. The topological polar surface area (TPSA) is 56.7 Å². The van der Waals surface area contributed by atoms with Gasteiger partial charge in [-0.05, 0) is 12.1 Å². The normalized spacial score (nSPS) is 10.1. The van der Waals surface area contributed by atoms with E-state index in [-0.39, 0.29) is 0 Å². The molecule has 0 aliphatic carbocycles. The minimum atomic E-state index is 0.522. The average Bonchev–Trinajstić information content (AvgIpc) is 2.68.